The summed E-state index contributed by atoms with van der Waals surface area (Å²) in [5.74, 6) is 0. The number of carboxylic acid groups (broad SMARTS) is 2. The summed E-state index contributed by atoms with van der Waals surface area (Å²) in [6, 6.07) is 0. The Labute approximate surface area is 85.7 Å². The summed E-state index contributed by atoms with van der Waals surface area (Å²) in [4.78, 5) is 8.56. The first-order valence-corrected chi connectivity index (χ1v) is 0.651. The van der Waals surface area contributed by atoms with Gasteiger partial charge in [-0.1, -0.05) is 0 Å². The summed E-state index contributed by atoms with van der Waals surface area (Å²) in [5, 5.41) is 13.9. The third-order valence-corrected chi connectivity index (χ3v) is 0. The average molecular weight is 227 g/mol. The predicted octanol–water partition coefficient (Wildman–Crippen LogP) is -1.52. The Balaban J connectivity index is -0.00000000750. The topological polar surface area (TPSA) is 89.0 Å². The van der Waals surface area contributed by atoms with E-state index in [4.69, 9.17) is 15.0 Å². The van der Waals surface area contributed by atoms with Crippen LogP contribution < -0.4 is 0 Å². The molecule has 0 amide bonds. The largest absolute Gasteiger partial charge is 0.503 e. The standard InChI is InChI=1S/CH2O3.Mg.Mn.H2O.Zn.2H/c2-1(3)4;;;;;;/h(H2,2,3,4);;;1H2;;;. The monoisotopic (exact) mass is 225 g/mol. The van der Waals surface area contributed by atoms with Gasteiger partial charge in [0.05, 0.1) is 0 Å². The van der Waals surface area contributed by atoms with E-state index >= 15 is 0 Å². The molecule has 0 unspecified atom stereocenters. The molecule has 0 aliphatic carbocycles. The summed E-state index contributed by atoms with van der Waals surface area (Å²) in [5.41, 5.74) is 0. The van der Waals surface area contributed by atoms with E-state index in [1.54, 1.807) is 0 Å². The molecular formula is CH6MgMnO4Zn. The Morgan fingerprint density at radius 2 is 1.25 bits per heavy atom. The maximum Gasteiger partial charge on any atom is 0.503 e. The normalized spacial score (nSPS) is 3.00. The van der Waals surface area contributed by atoms with Gasteiger partial charge >= 0.3 is 29.2 Å². The van der Waals surface area contributed by atoms with Crippen LogP contribution in [0, 0.1) is 0 Å². The van der Waals surface area contributed by atoms with Crippen LogP contribution in [0.5, 0.6) is 0 Å². The molecule has 0 aliphatic rings. The molecule has 0 bridgehead atoms. The number of rotatable bonds is 0. The fraction of sp³-hybridized carbons (Fsp3) is 0. The van der Waals surface area contributed by atoms with Crippen molar-refractivity contribution < 1.29 is 57.0 Å². The van der Waals surface area contributed by atoms with Gasteiger partial charge in [0, 0.05) is 36.5 Å². The van der Waals surface area contributed by atoms with Crippen LogP contribution in [-0.4, -0.2) is 44.9 Å². The molecule has 4 N–H and O–H groups in total. The molecule has 7 heteroatoms. The van der Waals surface area contributed by atoms with Gasteiger partial charge in [-0.3, -0.25) is 0 Å². The summed E-state index contributed by atoms with van der Waals surface area (Å²) >= 11 is 0. The van der Waals surface area contributed by atoms with Gasteiger partial charge < -0.3 is 15.7 Å². The number of carbonyl (C=O) groups is 1. The van der Waals surface area contributed by atoms with Gasteiger partial charge in [0.1, 0.15) is 0 Å². The third kappa shape index (κ3) is 207. The van der Waals surface area contributed by atoms with Gasteiger partial charge in [-0.05, 0) is 0 Å². The summed E-state index contributed by atoms with van der Waals surface area (Å²) < 4.78 is 0. The molecule has 8 heavy (non-hydrogen) atoms. The summed E-state index contributed by atoms with van der Waals surface area (Å²) in [6.07, 6.45) is -1.83. The molecule has 4 nitrogen and oxygen atoms in total. The van der Waals surface area contributed by atoms with Crippen molar-refractivity contribution in [2.45, 2.75) is 0 Å². The van der Waals surface area contributed by atoms with Gasteiger partial charge in [0.15, 0.2) is 0 Å². The molecule has 0 saturated heterocycles. The minimum Gasteiger partial charge on any atom is -0.450 e. The van der Waals surface area contributed by atoms with Crippen LogP contribution in [0.4, 0.5) is 4.79 Å². The number of hydrogen-bond donors (Lipinski definition) is 2. The van der Waals surface area contributed by atoms with Crippen LogP contribution in [0.1, 0.15) is 0 Å². The first-order valence-electron chi connectivity index (χ1n) is 0.651. The van der Waals surface area contributed by atoms with Crippen molar-refractivity contribution in [3.05, 3.63) is 0 Å². The van der Waals surface area contributed by atoms with Gasteiger partial charge in [-0.15, -0.1) is 0 Å². The molecule has 0 aromatic heterocycles. The Morgan fingerprint density at radius 3 is 1.25 bits per heavy atom. The van der Waals surface area contributed by atoms with Gasteiger partial charge in [-0.2, -0.15) is 0 Å². The predicted molar refractivity (Wildman–Crippen MR) is 22.8 cm³/mol. The third-order valence-electron chi connectivity index (χ3n) is 0. The molecule has 0 rings (SSSR count). The first kappa shape index (κ1) is 35.3. The molecule has 0 aromatic rings. The molecule has 0 saturated carbocycles. The van der Waals surface area contributed by atoms with E-state index in [0.29, 0.717) is 0 Å². The molecule has 0 aromatic carbocycles. The minimum atomic E-state index is -1.83. The Morgan fingerprint density at radius 1 is 1.25 bits per heavy atom. The Bertz CT molecular complexity index is 39.0. The second kappa shape index (κ2) is 24.2. The Hall–Kier alpha value is 1.14. The maximum absolute atomic E-state index is 8.56. The van der Waals surface area contributed by atoms with Crippen molar-refractivity contribution in [1.29, 1.82) is 0 Å². The van der Waals surface area contributed by atoms with Crippen LogP contribution >= 0.6 is 0 Å². The van der Waals surface area contributed by atoms with Crippen LogP contribution in [0.3, 0.4) is 0 Å². The van der Waals surface area contributed by atoms with E-state index < -0.39 is 6.16 Å². The fourth-order valence-electron chi connectivity index (χ4n) is 0. The molecule has 0 fully saturated rings. The van der Waals surface area contributed by atoms with E-state index in [0.717, 1.165) is 0 Å². The molecule has 45 valence electrons. The van der Waals surface area contributed by atoms with Crippen molar-refractivity contribution in [1.82, 2.24) is 0 Å². The van der Waals surface area contributed by atoms with Crippen molar-refractivity contribution >= 4 is 29.2 Å². The van der Waals surface area contributed by atoms with Crippen LogP contribution in [0.25, 0.3) is 0 Å². The van der Waals surface area contributed by atoms with Gasteiger partial charge in [-0.25, -0.2) is 4.79 Å². The second-order valence-corrected chi connectivity index (χ2v) is 0.283. The quantitative estimate of drug-likeness (QED) is 0.492. The van der Waals surface area contributed by atoms with E-state index in [2.05, 4.69) is 0 Å². The van der Waals surface area contributed by atoms with E-state index in [1.165, 1.54) is 0 Å². The summed E-state index contributed by atoms with van der Waals surface area (Å²) in [6.45, 7) is 0. The van der Waals surface area contributed by atoms with E-state index in [9.17, 15) is 0 Å². The van der Waals surface area contributed by atoms with E-state index in [1.807, 2.05) is 0 Å². The van der Waals surface area contributed by atoms with Crippen LogP contribution in [0.2, 0.25) is 0 Å². The summed E-state index contributed by atoms with van der Waals surface area (Å²) in [7, 11) is 0. The zero-order chi connectivity index (χ0) is 3.58. The van der Waals surface area contributed by atoms with Crippen LogP contribution in [0.15, 0.2) is 0 Å². The van der Waals surface area contributed by atoms with Crippen molar-refractivity contribution in [3.63, 3.8) is 0 Å². The average Bonchev–Trinajstić information content (AvgIpc) is 0.811. The fourth-order valence-corrected chi connectivity index (χ4v) is 0. The van der Waals surface area contributed by atoms with E-state index in [-0.39, 0.29) is 65.1 Å². The Kier molecular flexibility index (Phi) is 107. The number of hydrogen-bond acceptors (Lipinski definition) is 1. The maximum atomic E-state index is 8.56. The minimum absolute atomic E-state index is 0. The van der Waals surface area contributed by atoms with Crippen LogP contribution in [-0.2, 0) is 36.5 Å². The smallest absolute Gasteiger partial charge is 0.450 e. The first-order chi connectivity index (χ1) is 1.73. The molecular weight excluding hydrogens is 221 g/mol. The van der Waals surface area contributed by atoms with Crippen molar-refractivity contribution in [3.8, 4) is 0 Å². The molecule has 1 radical (unpaired) electrons. The van der Waals surface area contributed by atoms with Gasteiger partial charge in [0.2, 0.25) is 0 Å². The zero-order valence-corrected chi connectivity index (χ0v) is 7.54. The SMILES string of the molecule is O.O=C(O)O.[MgH2].[Mn].[Zn]. The second-order valence-electron chi connectivity index (χ2n) is 0.283. The van der Waals surface area contributed by atoms with Crippen molar-refractivity contribution in [2.24, 2.45) is 0 Å². The van der Waals surface area contributed by atoms with Gasteiger partial charge in [0.25, 0.3) is 0 Å². The van der Waals surface area contributed by atoms with Crippen molar-refractivity contribution in [2.75, 3.05) is 0 Å². The molecule has 0 aliphatic heterocycles. The zero-order valence-electron chi connectivity index (χ0n) is 3.39. The molecule has 0 heterocycles. The molecule has 0 atom stereocenters. The molecule has 0 spiro atoms.